The number of rotatable bonds is 6. The minimum atomic E-state index is -0.171. The second-order valence-corrected chi connectivity index (χ2v) is 9.97. The van der Waals surface area contributed by atoms with Crippen molar-refractivity contribution in [3.05, 3.63) is 48.5 Å². The number of hydrogen-bond acceptors (Lipinski definition) is 4. The van der Waals surface area contributed by atoms with Gasteiger partial charge in [0.05, 0.1) is 11.0 Å². The Hall–Kier alpha value is -2.27. The van der Waals surface area contributed by atoms with Crippen LogP contribution in [-0.2, 0) is 16.1 Å². The van der Waals surface area contributed by atoms with Crippen molar-refractivity contribution in [2.24, 2.45) is 17.8 Å². The highest BCUT2D eigenvalue weighted by molar-refractivity contribution is 7.98. The van der Waals surface area contributed by atoms with Gasteiger partial charge in [-0.2, -0.15) is 0 Å². The lowest BCUT2D eigenvalue weighted by Crippen LogP contribution is -2.36. The summed E-state index contributed by atoms with van der Waals surface area (Å²) >= 11 is 1.71. The van der Waals surface area contributed by atoms with E-state index >= 15 is 0 Å². The Labute approximate surface area is 189 Å². The molecule has 2 aromatic carbocycles. The molecule has 164 valence electrons. The van der Waals surface area contributed by atoms with Crippen molar-refractivity contribution >= 4 is 28.8 Å². The minimum Gasteiger partial charge on any atom is -0.461 e. The number of thioether (sulfide) groups is 1. The molecule has 1 aliphatic carbocycles. The number of esters is 1. The highest BCUT2D eigenvalue weighted by atomic mass is 32.2. The van der Waals surface area contributed by atoms with Crippen LogP contribution in [0.2, 0.25) is 0 Å². The number of nitrogens with zero attached hydrogens (tertiary/aromatic N) is 2. The van der Waals surface area contributed by atoms with E-state index in [0.29, 0.717) is 17.8 Å². The number of hydrogen-bond donors (Lipinski definition) is 0. The quantitative estimate of drug-likeness (QED) is 0.330. The van der Waals surface area contributed by atoms with Gasteiger partial charge in [0.25, 0.3) is 0 Å². The summed E-state index contributed by atoms with van der Waals surface area (Å²) in [5, 5.41) is 0. The third kappa shape index (κ3) is 4.82. The Kier molecular flexibility index (Phi) is 6.71. The normalized spacial score (nSPS) is 21.5. The van der Waals surface area contributed by atoms with E-state index in [-0.39, 0.29) is 18.6 Å². The SMILES string of the molecule is CSc1ccc(-c2nc3ccccc3n2CC(=O)O[C@@H]2CC(C)CCC2C(C)C)cc1. The Bertz CT molecular complexity index is 1040. The molecule has 1 fully saturated rings. The molecule has 5 heteroatoms. The fourth-order valence-electron chi connectivity index (χ4n) is 4.78. The molecule has 31 heavy (non-hydrogen) atoms. The van der Waals surface area contributed by atoms with Crippen LogP contribution in [0.4, 0.5) is 0 Å². The summed E-state index contributed by atoms with van der Waals surface area (Å²) in [6, 6.07) is 16.3. The molecule has 0 N–H and O–H groups in total. The van der Waals surface area contributed by atoms with Crippen molar-refractivity contribution in [1.82, 2.24) is 9.55 Å². The molecule has 1 saturated carbocycles. The van der Waals surface area contributed by atoms with Crippen molar-refractivity contribution in [1.29, 1.82) is 0 Å². The molecule has 0 amide bonds. The lowest BCUT2D eigenvalue weighted by Gasteiger charge is -2.36. The molecule has 2 unspecified atom stereocenters. The lowest BCUT2D eigenvalue weighted by atomic mass is 9.75. The number of para-hydroxylation sites is 2. The molecule has 3 aromatic rings. The highest BCUT2D eigenvalue weighted by Gasteiger charge is 2.33. The second kappa shape index (κ2) is 9.47. The van der Waals surface area contributed by atoms with E-state index in [9.17, 15) is 4.79 Å². The molecular formula is C26H32N2O2S. The van der Waals surface area contributed by atoms with Gasteiger partial charge in [0.15, 0.2) is 0 Å². The van der Waals surface area contributed by atoms with E-state index in [0.717, 1.165) is 35.3 Å². The van der Waals surface area contributed by atoms with Crippen LogP contribution in [0.15, 0.2) is 53.4 Å². The van der Waals surface area contributed by atoms with E-state index < -0.39 is 0 Å². The lowest BCUT2D eigenvalue weighted by molar-refractivity contribution is -0.156. The Balaban J connectivity index is 1.61. The van der Waals surface area contributed by atoms with E-state index in [1.165, 1.54) is 11.3 Å². The number of imidazole rings is 1. The fraction of sp³-hybridized carbons (Fsp3) is 0.462. The summed E-state index contributed by atoms with van der Waals surface area (Å²) in [4.78, 5) is 19.2. The van der Waals surface area contributed by atoms with E-state index in [1.54, 1.807) is 11.8 Å². The predicted molar refractivity (Wildman–Crippen MR) is 128 cm³/mol. The molecule has 1 heterocycles. The fourth-order valence-corrected chi connectivity index (χ4v) is 5.19. The summed E-state index contributed by atoms with van der Waals surface area (Å²) < 4.78 is 8.10. The maximum Gasteiger partial charge on any atom is 0.326 e. The molecule has 0 aliphatic heterocycles. The van der Waals surface area contributed by atoms with Crippen molar-refractivity contribution in [2.45, 2.75) is 57.6 Å². The van der Waals surface area contributed by atoms with Crippen LogP contribution in [0.25, 0.3) is 22.4 Å². The second-order valence-electron chi connectivity index (χ2n) is 9.09. The molecule has 3 atom stereocenters. The van der Waals surface area contributed by atoms with Crippen molar-refractivity contribution < 1.29 is 9.53 Å². The number of aromatic nitrogens is 2. The summed E-state index contributed by atoms with van der Waals surface area (Å²) in [5.74, 6) is 2.20. The minimum absolute atomic E-state index is 0.00958. The molecule has 0 bridgehead atoms. The standard InChI is InChI=1S/C26H32N2O2S/c1-17(2)21-14-9-18(3)15-24(21)30-25(29)16-28-23-8-6-5-7-22(23)27-26(28)19-10-12-20(31-4)13-11-19/h5-8,10-13,17-18,21,24H,9,14-16H2,1-4H3/t18?,21?,24-/m1/s1. The molecular weight excluding hydrogens is 404 g/mol. The van der Waals surface area contributed by atoms with Gasteiger partial charge in [0.2, 0.25) is 0 Å². The predicted octanol–water partition coefficient (Wildman–Crippen LogP) is 6.43. The van der Waals surface area contributed by atoms with E-state index in [1.807, 2.05) is 28.8 Å². The number of benzene rings is 2. The van der Waals surface area contributed by atoms with Gasteiger partial charge in [-0.15, -0.1) is 11.8 Å². The van der Waals surface area contributed by atoms with Crippen LogP contribution in [0.3, 0.4) is 0 Å². The topological polar surface area (TPSA) is 44.1 Å². The zero-order valence-electron chi connectivity index (χ0n) is 18.9. The van der Waals surface area contributed by atoms with Gasteiger partial charge in [0, 0.05) is 10.5 Å². The molecule has 1 aliphatic rings. The van der Waals surface area contributed by atoms with Gasteiger partial charge >= 0.3 is 5.97 Å². The molecule has 1 aromatic heterocycles. The number of carbonyl (C=O) groups excluding carboxylic acids is 1. The summed E-state index contributed by atoms with van der Waals surface area (Å²) in [5.41, 5.74) is 2.86. The average molecular weight is 437 g/mol. The van der Waals surface area contributed by atoms with Crippen LogP contribution in [0, 0.1) is 17.8 Å². The zero-order chi connectivity index (χ0) is 22.0. The van der Waals surface area contributed by atoms with Crippen LogP contribution in [0.1, 0.15) is 40.0 Å². The van der Waals surface area contributed by atoms with Crippen LogP contribution in [0.5, 0.6) is 0 Å². The first-order chi connectivity index (χ1) is 15.0. The smallest absolute Gasteiger partial charge is 0.326 e. The Morgan fingerprint density at radius 3 is 2.61 bits per heavy atom. The van der Waals surface area contributed by atoms with E-state index in [4.69, 9.17) is 9.72 Å². The van der Waals surface area contributed by atoms with E-state index in [2.05, 4.69) is 51.3 Å². The van der Waals surface area contributed by atoms with Crippen LogP contribution >= 0.6 is 11.8 Å². The summed E-state index contributed by atoms with van der Waals surface area (Å²) in [6.07, 6.45) is 5.39. The number of carbonyl (C=O) groups is 1. The highest BCUT2D eigenvalue weighted by Crippen LogP contribution is 2.35. The third-order valence-corrected chi connectivity index (χ3v) is 7.28. The molecule has 4 rings (SSSR count). The molecule has 0 saturated heterocycles. The third-order valence-electron chi connectivity index (χ3n) is 6.53. The van der Waals surface area contributed by atoms with Crippen LogP contribution in [-0.4, -0.2) is 27.9 Å². The van der Waals surface area contributed by atoms with Crippen molar-refractivity contribution in [2.75, 3.05) is 6.26 Å². The van der Waals surface area contributed by atoms with Crippen LogP contribution < -0.4 is 0 Å². The van der Waals surface area contributed by atoms with Gasteiger partial charge in [-0.05, 0) is 61.1 Å². The van der Waals surface area contributed by atoms with Gasteiger partial charge in [0.1, 0.15) is 18.5 Å². The van der Waals surface area contributed by atoms with Gasteiger partial charge in [-0.25, -0.2) is 4.98 Å². The number of ether oxygens (including phenoxy) is 1. The van der Waals surface area contributed by atoms with Gasteiger partial charge in [-0.1, -0.05) is 51.5 Å². The Morgan fingerprint density at radius 1 is 1.16 bits per heavy atom. The largest absolute Gasteiger partial charge is 0.461 e. The van der Waals surface area contributed by atoms with Crippen molar-refractivity contribution in [3.63, 3.8) is 0 Å². The monoisotopic (exact) mass is 436 g/mol. The maximum atomic E-state index is 13.1. The molecule has 4 nitrogen and oxygen atoms in total. The van der Waals surface area contributed by atoms with Crippen molar-refractivity contribution in [3.8, 4) is 11.4 Å². The average Bonchev–Trinajstić information content (AvgIpc) is 3.12. The zero-order valence-corrected chi connectivity index (χ0v) is 19.7. The van der Waals surface area contributed by atoms with Gasteiger partial charge < -0.3 is 9.30 Å². The first-order valence-corrected chi connectivity index (χ1v) is 12.5. The summed E-state index contributed by atoms with van der Waals surface area (Å²) in [6.45, 7) is 6.91. The first kappa shape index (κ1) is 21.9. The summed E-state index contributed by atoms with van der Waals surface area (Å²) in [7, 11) is 0. The Morgan fingerprint density at radius 2 is 1.90 bits per heavy atom. The maximum absolute atomic E-state index is 13.1. The first-order valence-electron chi connectivity index (χ1n) is 11.3. The molecule has 0 radical (unpaired) electrons. The molecule has 0 spiro atoms. The number of fused-ring (bicyclic) bond motifs is 1. The van der Waals surface area contributed by atoms with Gasteiger partial charge in [-0.3, -0.25) is 4.79 Å².